The number of piperidine rings is 3. The molecule has 2 N–H and O–H groups in total. The molecule has 3 amide bonds. The van der Waals surface area contributed by atoms with E-state index in [9.17, 15) is 14.4 Å². The number of carbonyl (C=O) groups is 3. The van der Waals surface area contributed by atoms with Crippen molar-refractivity contribution in [2.45, 2.75) is 95.0 Å². The SMILES string of the molecule is Cc1cc(C2CCN(C3CC(OC4CCNCC4)C3)CC2)cc2c1C(=O)N(C1CCC(=O)NC1=O)C2.Cl. The summed E-state index contributed by atoms with van der Waals surface area (Å²) in [5.41, 5.74) is 4.10. The molecular formula is C28H39ClN4O4. The summed E-state index contributed by atoms with van der Waals surface area (Å²) in [6.45, 7) is 6.87. The van der Waals surface area contributed by atoms with Gasteiger partial charge in [-0.1, -0.05) is 12.1 Å². The van der Waals surface area contributed by atoms with E-state index in [0.717, 1.165) is 68.6 Å². The Labute approximate surface area is 225 Å². The van der Waals surface area contributed by atoms with Crippen molar-refractivity contribution in [3.8, 4) is 0 Å². The Morgan fingerprint density at radius 2 is 1.68 bits per heavy atom. The molecule has 9 heteroatoms. The van der Waals surface area contributed by atoms with Gasteiger partial charge in [-0.15, -0.1) is 12.4 Å². The highest BCUT2D eigenvalue weighted by atomic mass is 35.5. The number of nitrogens with zero attached hydrogens (tertiary/aromatic N) is 2. The van der Waals surface area contributed by atoms with Crippen molar-refractivity contribution in [2.75, 3.05) is 26.2 Å². The average molecular weight is 531 g/mol. The summed E-state index contributed by atoms with van der Waals surface area (Å²) in [5.74, 6) is -0.176. The Bertz CT molecular complexity index is 1040. The summed E-state index contributed by atoms with van der Waals surface area (Å²) in [6, 6.07) is 4.51. The van der Waals surface area contributed by atoms with Gasteiger partial charge in [-0.2, -0.15) is 0 Å². The van der Waals surface area contributed by atoms with Crippen LogP contribution in [0.25, 0.3) is 0 Å². The topological polar surface area (TPSA) is 91.0 Å². The molecular weight excluding hydrogens is 492 g/mol. The Balaban J connectivity index is 0.00000280. The normalized spacial score (nSPS) is 29.5. The van der Waals surface area contributed by atoms with E-state index in [1.54, 1.807) is 4.90 Å². The van der Waals surface area contributed by atoms with Gasteiger partial charge in [0.1, 0.15) is 6.04 Å². The van der Waals surface area contributed by atoms with Gasteiger partial charge in [-0.25, -0.2) is 0 Å². The van der Waals surface area contributed by atoms with Crippen molar-refractivity contribution in [1.29, 1.82) is 0 Å². The van der Waals surface area contributed by atoms with Crippen molar-refractivity contribution in [3.05, 3.63) is 34.4 Å². The molecule has 5 aliphatic rings. The molecule has 37 heavy (non-hydrogen) atoms. The van der Waals surface area contributed by atoms with Gasteiger partial charge >= 0.3 is 0 Å². The number of fused-ring (bicyclic) bond motifs is 1. The van der Waals surface area contributed by atoms with Crippen LogP contribution in [0.15, 0.2) is 12.1 Å². The highest BCUT2D eigenvalue weighted by Crippen LogP contribution is 2.38. The number of nitrogens with one attached hydrogen (secondary N) is 2. The first-order valence-corrected chi connectivity index (χ1v) is 13.8. The van der Waals surface area contributed by atoms with Gasteiger partial charge in [0.15, 0.2) is 0 Å². The van der Waals surface area contributed by atoms with E-state index >= 15 is 0 Å². The van der Waals surface area contributed by atoms with Crippen LogP contribution in [0.1, 0.15) is 84.3 Å². The number of benzene rings is 1. The van der Waals surface area contributed by atoms with Crippen molar-refractivity contribution in [2.24, 2.45) is 0 Å². The molecule has 0 bridgehead atoms. The lowest BCUT2D eigenvalue weighted by atomic mass is 9.82. The standard InChI is InChI=1S/C28H38N4O4.ClH/c1-17-12-19(13-20-16-32(28(35)26(17)20)24-2-3-25(33)30-27(24)34)18-6-10-31(11-7-18)21-14-23(15-21)36-22-4-8-29-9-5-22;/h12-13,18,21-24,29H,2-11,14-16H2,1H3,(H,30,33,34);1H. The number of carbonyl (C=O) groups excluding carboxylic acids is 3. The molecule has 1 aliphatic carbocycles. The van der Waals surface area contributed by atoms with E-state index in [1.807, 2.05) is 6.92 Å². The number of likely N-dealkylation sites (tertiary alicyclic amines) is 1. The van der Waals surface area contributed by atoms with Crippen molar-refractivity contribution >= 4 is 30.1 Å². The second-order valence-corrected chi connectivity index (χ2v) is 11.4. The number of rotatable bonds is 5. The Kier molecular flexibility index (Phi) is 7.91. The lowest BCUT2D eigenvalue weighted by Crippen LogP contribution is -2.52. The van der Waals surface area contributed by atoms with Gasteiger partial charge in [0.25, 0.3) is 5.91 Å². The third-order valence-corrected chi connectivity index (χ3v) is 9.10. The summed E-state index contributed by atoms with van der Waals surface area (Å²) in [7, 11) is 0. The van der Waals surface area contributed by atoms with Gasteiger partial charge in [-0.3, -0.25) is 19.7 Å². The van der Waals surface area contributed by atoms with Crippen LogP contribution in [0.3, 0.4) is 0 Å². The highest BCUT2D eigenvalue weighted by Gasteiger charge is 2.41. The molecule has 1 atom stereocenters. The molecule has 4 fully saturated rings. The summed E-state index contributed by atoms with van der Waals surface area (Å²) < 4.78 is 6.33. The number of halogens is 1. The number of amides is 3. The molecule has 3 saturated heterocycles. The van der Waals surface area contributed by atoms with Gasteiger partial charge in [0.2, 0.25) is 11.8 Å². The molecule has 202 valence electrons. The molecule has 0 radical (unpaired) electrons. The van der Waals surface area contributed by atoms with Crippen LogP contribution in [0.4, 0.5) is 0 Å². The zero-order valence-electron chi connectivity index (χ0n) is 21.7. The predicted octanol–water partition coefficient (Wildman–Crippen LogP) is 2.66. The first-order chi connectivity index (χ1) is 17.5. The van der Waals surface area contributed by atoms with Gasteiger partial charge in [0, 0.05) is 24.6 Å². The van der Waals surface area contributed by atoms with E-state index in [0.29, 0.717) is 37.1 Å². The van der Waals surface area contributed by atoms with Gasteiger partial charge in [0.05, 0.1) is 12.2 Å². The van der Waals surface area contributed by atoms with Crippen LogP contribution in [0.2, 0.25) is 0 Å². The molecule has 0 spiro atoms. The number of hydrogen-bond acceptors (Lipinski definition) is 6. The summed E-state index contributed by atoms with van der Waals surface area (Å²) in [6.07, 6.45) is 8.48. The number of imide groups is 1. The molecule has 1 aromatic carbocycles. The molecule has 4 aliphatic heterocycles. The third kappa shape index (κ3) is 5.31. The van der Waals surface area contributed by atoms with Crippen LogP contribution in [0.5, 0.6) is 0 Å². The van der Waals surface area contributed by atoms with Crippen molar-refractivity contribution < 1.29 is 19.1 Å². The van der Waals surface area contributed by atoms with Crippen molar-refractivity contribution in [1.82, 2.24) is 20.4 Å². The first kappa shape index (κ1) is 26.6. The molecule has 1 saturated carbocycles. The fourth-order valence-electron chi connectivity index (χ4n) is 6.94. The van der Waals surface area contributed by atoms with E-state index in [2.05, 4.69) is 27.7 Å². The molecule has 6 rings (SSSR count). The zero-order valence-corrected chi connectivity index (χ0v) is 22.5. The lowest BCUT2D eigenvalue weighted by Gasteiger charge is -2.46. The number of ether oxygens (including phenoxy) is 1. The lowest BCUT2D eigenvalue weighted by molar-refractivity contribution is -0.136. The Morgan fingerprint density at radius 3 is 2.38 bits per heavy atom. The van der Waals surface area contributed by atoms with E-state index < -0.39 is 6.04 Å². The fourth-order valence-corrected chi connectivity index (χ4v) is 6.94. The predicted molar refractivity (Wildman–Crippen MR) is 142 cm³/mol. The summed E-state index contributed by atoms with van der Waals surface area (Å²) >= 11 is 0. The molecule has 4 heterocycles. The maximum absolute atomic E-state index is 13.2. The second kappa shape index (κ2) is 11.0. The quantitative estimate of drug-likeness (QED) is 0.569. The molecule has 1 aromatic rings. The van der Waals surface area contributed by atoms with E-state index in [-0.39, 0.29) is 36.5 Å². The van der Waals surface area contributed by atoms with Gasteiger partial charge < -0.3 is 19.9 Å². The molecule has 8 nitrogen and oxygen atoms in total. The Hall–Kier alpha value is -2.00. The average Bonchev–Trinajstić information content (AvgIpc) is 3.18. The largest absolute Gasteiger partial charge is 0.375 e. The van der Waals surface area contributed by atoms with Crippen LogP contribution in [-0.2, 0) is 20.9 Å². The van der Waals surface area contributed by atoms with E-state index in [4.69, 9.17) is 4.74 Å². The van der Waals surface area contributed by atoms with Gasteiger partial charge in [-0.05, 0) is 101 Å². The number of hydrogen-bond donors (Lipinski definition) is 2. The van der Waals surface area contributed by atoms with Crippen LogP contribution in [0, 0.1) is 6.92 Å². The number of aryl methyl sites for hydroxylation is 1. The van der Waals surface area contributed by atoms with Crippen LogP contribution < -0.4 is 10.6 Å². The third-order valence-electron chi connectivity index (χ3n) is 9.10. The smallest absolute Gasteiger partial charge is 0.255 e. The molecule has 1 unspecified atom stereocenters. The minimum Gasteiger partial charge on any atom is -0.375 e. The van der Waals surface area contributed by atoms with Crippen LogP contribution >= 0.6 is 12.4 Å². The van der Waals surface area contributed by atoms with Crippen molar-refractivity contribution in [3.63, 3.8) is 0 Å². The minimum atomic E-state index is -0.557. The van der Waals surface area contributed by atoms with Crippen LogP contribution in [-0.4, -0.2) is 78.0 Å². The zero-order chi connectivity index (χ0) is 24.8. The maximum atomic E-state index is 13.2. The second-order valence-electron chi connectivity index (χ2n) is 11.4. The Morgan fingerprint density at radius 1 is 0.946 bits per heavy atom. The molecule has 0 aromatic heterocycles. The fraction of sp³-hybridized carbons (Fsp3) is 0.679. The highest BCUT2D eigenvalue weighted by molar-refractivity contribution is 6.06. The monoisotopic (exact) mass is 530 g/mol. The maximum Gasteiger partial charge on any atom is 0.255 e. The summed E-state index contributed by atoms with van der Waals surface area (Å²) in [4.78, 5) is 41.4. The van der Waals surface area contributed by atoms with E-state index in [1.165, 1.54) is 18.4 Å². The summed E-state index contributed by atoms with van der Waals surface area (Å²) in [5, 5.41) is 5.80. The first-order valence-electron chi connectivity index (χ1n) is 13.8. The minimum absolute atomic E-state index is 0.